The van der Waals surface area contributed by atoms with Crippen molar-refractivity contribution in [3.8, 4) is 0 Å². The molecule has 0 radical (unpaired) electrons. The summed E-state index contributed by atoms with van der Waals surface area (Å²) in [5.74, 6) is 0. The summed E-state index contributed by atoms with van der Waals surface area (Å²) in [6.07, 6.45) is 3.75. The van der Waals surface area contributed by atoms with Crippen molar-refractivity contribution in [2.24, 2.45) is 0 Å². The molecule has 1 aromatic carbocycles. The summed E-state index contributed by atoms with van der Waals surface area (Å²) in [4.78, 5) is 11.1. The van der Waals surface area contributed by atoms with Gasteiger partial charge in [-0.3, -0.25) is 4.79 Å². The molecule has 16 heavy (non-hydrogen) atoms. The van der Waals surface area contributed by atoms with Crippen molar-refractivity contribution >= 4 is 17.4 Å². The minimum Gasteiger partial charge on any atom is -0.298 e. The van der Waals surface area contributed by atoms with Crippen molar-refractivity contribution in [2.45, 2.75) is 27.2 Å². The molecule has 0 heterocycles. The largest absolute Gasteiger partial charge is 0.298 e. The molecule has 0 amide bonds. The number of rotatable bonds is 4. The van der Waals surface area contributed by atoms with Gasteiger partial charge in [-0.25, -0.2) is 0 Å². The molecule has 1 rings (SSSR count). The molecule has 0 unspecified atom stereocenters. The van der Waals surface area contributed by atoms with Crippen LogP contribution in [0.5, 0.6) is 0 Å². The first-order valence-corrected chi connectivity index (χ1v) is 5.53. The number of benzene rings is 1. The molecular weight excluding hydrogens is 196 g/mol. The van der Waals surface area contributed by atoms with E-state index >= 15 is 0 Å². The van der Waals surface area contributed by atoms with Crippen LogP contribution in [0.25, 0.3) is 11.1 Å². The summed E-state index contributed by atoms with van der Waals surface area (Å²) in [7, 11) is 0. The molecule has 0 atom stereocenters. The molecule has 84 valence electrons. The van der Waals surface area contributed by atoms with Gasteiger partial charge in [0.15, 0.2) is 0 Å². The Kier molecular flexibility index (Phi) is 4.24. The predicted octanol–water partition coefficient (Wildman–Crippen LogP) is 4.02. The smallest absolute Gasteiger partial charge is 0.150 e. The highest BCUT2D eigenvalue weighted by molar-refractivity contribution is 6.09. The van der Waals surface area contributed by atoms with Crippen LogP contribution in [0, 0.1) is 6.92 Å². The SMILES string of the molecule is C=C(C)c1cccc(C)c1/C(C=O)=C\CC. The van der Waals surface area contributed by atoms with Gasteiger partial charge in [-0.05, 0) is 37.0 Å². The van der Waals surface area contributed by atoms with Crippen LogP contribution in [-0.2, 0) is 4.79 Å². The maximum absolute atomic E-state index is 11.1. The Morgan fingerprint density at radius 2 is 2.12 bits per heavy atom. The van der Waals surface area contributed by atoms with E-state index in [0.717, 1.165) is 40.5 Å². The van der Waals surface area contributed by atoms with E-state index in [1.165, 1.54) is 0 Å². The van der Waals surface area contributed by atoms with Crippen LogP contribution in [0.4, 0.5) is 0 Å². The molecule has 1 heteroatoms. The lowest BCUT2D eigenvalue weighted by atomic mass is 9.92. The average molecular weight is 214 g/mol. The molecule has 0 aromatic heterocycles. The van der Waals surface area contributed by atoms with Gasteiger partial charge >= 0.3 is 0 Å². The van der Waals surface area contributed by atoms with Crippen LogP contribution in [0.15, 0.2) is 30.9 Å². The van der Waals surface area contributed by atoms with Crippen LogP contribution in [0.2, 0.25) is 0 Å². The third kappa shape index (κ3) is 2.48. The number of carbonyl (C=O) groups is 1. The quantitative estimate of drug-likeness (QED) is 0.546. The molecule has 1 nitrogen and oxygen atoms in total. The van der Waals surface area contributed by atoms with Gasteiger partial charge in [-0.15, -0.1) is 0 Å². The molecular formula is C15H18O. The number of hydrogen-bond acceptors (Lipinski definition) is 1. The van der Waals surface area contributed by atoms with E-state index in [0.29, 0.717) is 0 Å². The summed E-state index contributed by atoms with van der Waals surface area (Å²) < 4.78 is 0. The summed E-state index contributed by atoms with van der Waals surface area (Å²) in [5.41, 5.74) is 4.95. The Labute approximate surface area is 97.5 Å². The van der Waals surface area contributed by atoms with Gasteiger partial charge in [-0.1, -0.05) is 43.4 Å². The second-order valence-corrected chi connectivity index (χ2v) is 3.96. The standard InChI is InChI=1S/C15H18O/c1-5-7-13(10-16)15-12(4)8-6-9-14(15)11(2)3/h6-10H,2,5H2,1,3-4H3/b13-7-. The Bertz CT molecular complexity index is 439. The van der Waals surface area contributed by atoms with Crippen LogP contribution < -0.4 is 0 Å². The maximum atomic E-state index is 11.1. The minimum absolute atomic E-state index is 0.763. The number of hydrogen-bond donors (Lipinski definition) is 0. The van der Waals surface area contributed by atoms with Crippen LogP contribution in [0.1, 0.15) is 37.0 Å². The van der Waals surface area contributed by atoms with Crippen molar-refractivity contribution in [3.05, 3.63) is 47.5 Å². The third-order valence-electron chi connectivity index (χ3n) is 2.57. The average Bonchev–Trinajstić information content (AvgIpc) is 2.26. The summed E-state index contributed by atoms with van der Waals surface area (Å²) in [6.45, 7) is 9.98. The predicted molar refractivity (Wildman–Crippen MR) is 70.2 cm³/mol. The highest BCUT2D eigenvalue weighted by Gasteiger charge is 2.09. The van der Waals surface area contributed by atoms with E-state index in [9.17, 15) is 4.79 Å². The molecule has 0 bridgehead atoms. The van der Waals surface area contributed by atoms with Crippen molar-refractivity contribution < 1.29 is 4.79 Å². The third-order valence-corrected chi connectivity index (χ3v) is 2.57. The molecule has 0 aliphatic rings. The van der Waals surface area contributed by atoms with Gasteiger partial charge in [0.25, 0.3) is 0 Å². The van der Waals surface area contributed by atoms with Crippen LogP contribution >= 0.6 is 0 Å². The van der Waals surface area contributed by atoms with Gasteiger partial charge in [0, 0.05) is 5.57 Å². The molecule has 0 saturated carbocycles. The van der Waals surface area contributed by atoms with Crippen LogP contribution in [-0.4, -0.2) is 6.29 Å². The van der Waals surface area contributed by atoms with Gasteiger partial charge < -0.3 is 0 Å². The first-order valence-electron chi connectivity index (χ1n) is 5.53. The normalized spacial score (nSPS) is 11.3. The highest BCUT2D eigenvalue weighted by Crippen LogP contribution is 2.26. The Morgan fingerprint density at radius 3 is 2.62 bits per heavy atom. The number of carbonyl (C=O) groups excluding carboxylic acids is 1. The second kappa shape index (κ2) is 5.45. The number of aryl methyl sites for hydroxylation is 1. The summed E-state index contributed by atoms with van der Waals surface area (Å²) in [5, 5.41) is 0. The first-order chi connectivity index (χ1) is 7.61. The minimum atomic E-state index is 0.763. The number of aldehydes is 1. The zero-order valence-electron chi connectivity index (χ0n) is 10.2. The van der Waals surface area contributed by atoms with E-state index in [1.807, 2.05) is 45.0 Å². The Morgan fingerprint density at radius 1 is 1.44 bits per heavy atom. The maximum Gasteiger partial charge on any atom is 0.150 e. The van der Waals surface area contributed by atoms with Gasteiger partial charge in [-0.2, -0.15) is 0 Å². The van der Waals surface area contributed by atoms with Crippen molar-refractivity contribution in [1.82, 2.24) is 0 Å². The molecule has 0 aliphatic carbocycles. The van der Waals surface area contributed by atoms with E-state index < -0.39 is 0 Å². The van der Waals surface area contributed by atoms with E-state index in [-0.39, 0.29) is 0 Å². The fourth-order valence-electron chi connectivity index (χ4n) is 1.84. The van der Waals surface area contributed by atoms with Crippen molar-refractivity contribution in [1.29, 1.82) is 0 Å². The lowest BCUT2D eigenvalue weighted by Crippen LogP contribution is -1.96. The highest BCUT2D eigenvalue weighted by atomic mass is 16.1. The Balaban J connectivity index is 3.46. The van der Waals surface area contributed by atoms with E-state index in [1.54, 1.807) is 0 Å². The fourth-order valence-corrected chi connectivity index (χ4v) is 1.84. The summed E-state index contributed by atoms with van der Waals surface area (Å²) >= 11 is 0. The molecule has 0 fully saturated rings. The van der Waals surface area contributed by atoms with Crippen molar-refractivity contribution in [3.63, 3.8) is 0 Å². The molecule has 0 spiro atoms. The molecule has 1 aromatic rings. The topological polar surface area (TPSA) is 17.1 Å². The van der Waals surface area contributed by atoms with Gasteiger partial charge in [0.2, 0.25) is 0 Å². The lowest BCUT2D eigenvalue weighted by Gasteiger charge is -2.12. The van der Waals surface area contributed by atoms with Gasteiger partial charge in [0.05, 0.1) is 0 Å². The van der Waals surface area contributed by atoms with E-state index in [2.05, 4.69) is 6.58 Å². The summed E-state index contributed by atoms with van der Waals surface area (Å²) in [6, 6.07) is 6.03. The monoisotopic (exact) mass is 214 g/mol. The Hall–Kier alpha value is -1.63. The first kappa shape index (κ1) is 12.4. The zero-order valence-corrected chi connectivity index (χ0v) is 10.2. The fraction of sp³-hybridized carbons (Fsp3) is 0.267. The van der Waals surface area contributed by atoms with Gasteiger partial charge in [0.1, 0.15) is 6.29 Å². The number of allylic oxidation sites excluding steroid dienone is 3. The van der Waals surface area contributed by atoms with Crippen LogP contribution in [0.3, 0.4) is 0 Å². The molecule has 0 saturated heterocycles. The van der Waals surface area contributed by atoms with Crippen molar-refractivity contribution in [2.75, 3.05) is 0 Å². The molecule has 0 aliphatic heterocycles. The zero-order chi connectivity index (χ0) is 12.1. The second-order valence-electron chi connectivity index (χ2n) is 3.96. The molecule has 0 N–H and O–H groups in total. The lowest BCUT2D eigenvalue weighted by molar-refractivity contribution is -0.103. The van der Waals surface area contributed by atoms with E-state index in [4.69, 9.17) is 0 Å².